The number of rotatable bonds is 3. The minimum atomic E-state index is -0.0561. The topological polar surface area (TPSA) is 29.1 Å². The first kappa shape index (κ1) is 15.1. The van der Waals surface area contributed by atoms with Crippen LogP contribution in [0.25, 0.3) is 0 Å². The van der Waals surface area contributed by atoms with Gasteiger partial charge in [-0.15, -0.1) is 11.6 Å². The molecule has 2 unspecified atom stereocenters. The first-order valence-corrected chi connectivity index (χ1v) is 8.14. The molecule has 104 valence electrons. The highest BCUT2D eigenvalue weighted by Crippen LogP contribution is 2.27. The van der Waals surface area contributed by atoms with Gasteiger partial charge in [-0.2, -0.15) is 0 Å². The van der Waals surface area contributed by atoms with Crippen molar-refractivity contribution in [3.05, 3.63) is 33.3 Å². The van der Waals surface area contributed by atoms with Crippen molar-refractivity contribution in [1.29, 1.82) is 0 Å². The van der Waals surface area contributed by atoms with Crippen LogP contribution < -0.4 is 5.32 Å². The molecular formula is C14H16BrCl2NO. The lowest BCUT2D eigenvalue weighted by Gasteiger charge is -2.30. The molecule has 1 aliphatic carbocycles. The molecule has 0 aliphatic heterocycles. The number of amides is 1. The highest BCUT2D eigenvalue weighted by molar-refractivity contribution is 9.10. The third-order valence-electron chi connectivity index (χ3n) is 3.61. The fourth-order valence-corrected chi connectivity index (χ4v) is 3.34. The van der Waals surface area contributed by atoms with E-state index in [1.807, 2.05) is 0 Å². The van der Waals surface area contributed by atoms with Crippen LogP contribution in [0.1, 0.15) is 36.0 Å². The molecule has 1 aliphatic rings. The van der Waals surface area contributed by atoms with E-state index >= 15 is 0 Å². The molecule has 0 aromatic heterocycles. The Labute approximate surface area is 132 Å². The Bertz CT molecular complexity index is 467. The molecule has 1 fully saturated rings. The molecule has 1 N–H and O–H groups in total. The van der Waals surface area contributed by atoms with Gasteiger partial charge in [0.1, 0.15) is 0 Å². The molecule has 1 saturated carbocycles. The van der Waals surface area contributed by atoms with Crippen molar-refractivity contribution in [2.45, 2.75) is 31.7 Å². The van der Waals surface area contributed by atoms with E-state index in [2.05, 4.69) is 21.2 Å². The van der Waals surface area contributed by atoms with Gasteiger partial charge in [0.25, 0.3) is 5.91 Å². The predicted molar refractivity (Wildman–Crippen MR) is 83.1 cm³/mol. The molecule has 1 amide bonds. The molecule has 1 aromatic rings. The van der Waals surface area contributed by atoms with E-state index in [-0.39, 0.29) is 11.9 Å². The second-order valence-corrected chi connectivity index (χ2v) is 6.48. The monoisotopic (exact) mass is 363 g/mol. The van der Waals surface area contributed by atoms with Crippen LogP contribution in [0.5, 0.6) is 0 Å². The molecule has 0 spiro atoms. The summed E-state index contributed by atoms with van der Waals surface area (Å²) in [4.78, 5) is 12.2. The van der Waals surface area contributed by atoms with Crippen LogP contribution in [0.15, 0.2) is 22.7 Å². The maximum atomic E-state index is 12.2. The van der Waals surface area contributed by atoms with Crippen LogP contribution in [0, 0.1) is 5.92 Å². The number of carbonyl (C=O) groups excluding carboxylic acids is 1. The highest BCUT2D eigenvalue weighted by atomic mass is 79.9. The van der Waals surface area contributed by atoms with Crippen LogP contribution in [-0.4, -0.2) is 17.8 Å². The van der Waals surface area contributed by atoms with Crippen molar-refractivity contribution < 1.29 is 4.79 Å². The van der Waals surface area contributed by atoms with Gasteiger partial charge in [-0.25, -0.2) is 0 Å². The highest BCUT2D eigenvalue weighted by Gasteiger charge is 2.26. The molecule has 19 heavy (non-hydrogen) atoms. The summed E-state index contributed by atoms with van der Waals surface area (Å²) in [7, 11) is 0. The lowest BCUT2D eigenvalue weighted by Crippen LogP contribution is -2.42. The lowest BCUT2D eigenvalue weighted by molar-refractivity contribution is 0.0911. The molecular weight excluding hydrogens is 349 g/mol. The summed E-state index contributed by atoms with van der Waals surface area (Å²) >= 11 is 15.2. The normalized spacial score (nSPS) is 23.1. The van der Waals surface area contributed by atoms with Gasteiger partial charge in [-0.3, -0.25) is 4.79 Å². The number of alkyl halides is 1. The average Bonchev–Trinajstić information content (AvgIpc) is 2.42. The Balaban J connectivity index is 2.05. The van der Waals surface area contributed by atoms with E-state index < -0.39 is 0 Å². The second kappa shape index (κ2) is 6.96. The molecule has 2 atom stereocenters. The summed E-state index contributed by atoms with van der Waals surface area (Å²) in [6, 6.07) is 5.39. The Morgan fingerprint density at radius 3 is 2.79 bits per heavy atom. The van der Waals surface area contributed by atoms with E-state index in [4.69, 9.17) is 23.2 Å². The Hall–Kier alpha value is -0.250. The number of hydrogen-bond donors (Lipinski definition) is 1. The zero-order valence-electron chi connectivity index (χ0n) is 10.5. The summed E-state index contributed by atoms with van der Waals surface area (Å²) in [5.74, 6) is 0.935. The minimum absolute atomic E-state index is 0.0561. The van der Waals surface area contributed by atoms with Gasteiger partial charge < -0.3 is 5.32 Å². The van der Waals surface area contributed by atoms with Crippen molar-refractivity contribution in [3.8, 4) is 0 Å². The first-order valence-electron chi connectivity index (χ1n) is 6.43. The summed E-state index contributed by atoms with van der Waals surface area (Å²) in [5, 5.41) is 3.70. The third-order valence-corrected chi connectivity index (χ3v) is 5.22. The van der Waals surface area contributed by atoms with Gasteiger partial charge in [0, 0.05) is 22.0 Å². The number of carbonyl (C=O) groups is 1. The Morgan fingerprint density at radius 1 is 1.37 bits per heavy atom. The van der Waals surface area contributed by atoms with E-state index in [0.717, 1.165) is 23.7 Å². The smallest absolute Gasteiger partial charge is 0.251 e. The molecule has 0 bridgehead atoms. The maximum absolute atomic E-state index is 12.2. The van der Waals surface area contributed by atoms with Crippen LogP contribution in [-0.2, 0) is 0 Å². The van der Waals surface area contributed by atoms with Gasteiger partial charge in [-0.1, -0.05) is 24.4 Å². The summed E-state index contributed by atoms with van der Waals surface area (Å²) in [6.07, 6.45) is 4.47. The predicted octanol–water partition coefficient (Wildman–Crippen LogP) is 4.63. The number of nitrogens with one attached hydrogen (secondary N) is 1. The van der Waals surface area contributed by atoms with Crippen LogP contribution >= 0.6 is 39.1 Å². The summed E-state index contributed by atoms with van der Waals surface area (Å²) in [5.41, 5.74) is 0.621. The van der Waals surface area contributed by atoms with Gasteiger partial charge >= 0.3 is 0 Å². The zero-order chi connectivity index (χ0) is 13.8. The number of benzene rings is 1. The van der Waals surface area contributed by atoms with E-state index in [1.54, 1.807) is 18.2 Å². The Morgan fingerprint density at radius 2 is 2.11 bits per heavy atom. The fraction of sp³-hybridized carbons (Fsp3) is 0.500. The van der Waals surface area contributed by atoms with Crippen LogP contribution in [0.3, 0.4) is 0 Å². The standard InChI is InChI=1S/C14H16BrCl2NO/c15-11-7-9(5-6-12(11)17)14(19)18-13-4-2-1-3-10(13)8-16/h5-7,10,13H,1-4,8H2,(H,18,19). The molecule has 5 heteroatoms. The van der Waals surface area contributed by atoms with E-state index in [1.165, 1.54) is 6.42 Å². The molecule has 2 nitrogen and oxygen atoms in total. The van der Waals surface area contributed by atoms with Gasteiger partial charge in [0.15, 0.2) is 0 Å². The summed E-state index contributed by atoms with van der Waals surface area (Å²) < 4.78 is 0.736. The van der Waals surface area contributed by atoms with Gasteiger partial charge in [0.05, 0.1) is 5.02 Å². The minimum Gasteiger partial charge on any atom is -0.349 e. The average molecular weight is 365 g/mol. The Kier molecular flexibility index (Phi) is 5.55. The molecule has 2 rings (SSSR count). The number of hydrogen-bond acceptors (Lipinski definition) is 1. The molecule has 0 saturated heterocycles. The molecule has 1 aromatic carbocycles. The van der Waals surface area contributed by atoms with Crippen molar-refractivity contribution in [2.75, 3.05) is 5.88 Å². The quantitative estimate of drug-likeness (QED) is 0.778. The maximum Gasteiger partial charge on any atom is 0.251 e. The van der Waals surface area contributed by atoms with Crippen LogP contribution in [0.2, 0.25) is 5.02 Å². The van der Waals surface area contributed by atoms with Crippen LogP contribution in [0.4, 0.5) is 0 Å². The molecule has 0 radical (unpaired) electrons. The number of halogens is 3. The molecule has 0 heterocycles. The van der Waals surface area contributed by atoms with Crippen molar-refractivity contribution in [2.24, 2.45) is 5.92 Å². The zero-order valence-corrected chi connectivity index (χ0v) is 13.6. The second-order valence-electron chi connectivity index (χ2n) is 4.91. The first-order chi connectivity index (χ1) is 9.11. The van der Waals surface area contributed by atoms with Crippen molar-refractivity contribution in [1.82, 2.24) is 5.32 Å². The third kappa shape index (κ3) is 3.87. The van der Waals surface area contributed by atoms with Gasteiger partial charge in [-0.05, 0) is 52.9 Å². The lowest BCUT2D eigenvalue weighted by atomic mass is 9.85. The van der Waals surface area contributed by atoms with Gasteiger partial charge in [0.2, 0.25) is 0 Å². The van der Waals surface area contributed by atoms with Crippen molar-refractivity contribution >= 4 is 45.0 Å². The van der Waals surface area contributed by atoms with E-state index in [9.17, 15) is 4.79 Å². The largest absolute Gasteiger partial charge is 0.349 e. The SMILES string of the molecule is O=C(NC1CCCCC1CCl)c1ccc(Cl)c(Br)c1. The fourth-order valence-electron chi connectivity index (χ4n) is 2.47. The van der Waals surface area contributed by atoms with Crippen molar-refractivity contribution in [3.63, 3.8) is 0 Å². The summed E-state index contributed by atoms with van der Waals surface area (Å²) in [6.45, 7) is 0. The van der Waals surface area contributed by atoms with E-state index in [0.29, 0.717) is 22.4 Å².